The molecular weight excluding hydrogens is 448 g/mol. The van der Waals surface area contributed by atoms with Crippen LogP contribution in [-0.4, -0.2) is 43.5 Å². The second-order valence-electron chi connectivity index (χ2n) is 8.17. The normalized spacial score (nSPS) is 14.8. The van der Waals surface area contributed by atoms with Crippen molar-refractivity contribution in [2.75, 3.05) is 30.3 Å². The molecule has 2 heterocycles. The van der Waals surface area contributed by atoms with Gasteiger partial charge in [0.25, 0.3) is 11.8 Å². The topological polar surface area (TPSA) is 122 Å². The Balaban J connectivity index is 1.21. The lowest BCUT2D eigenvalue weighted by Crippen LogP contribution is -2.31. The van der Waals surface area contributed by atoms with E-state index in [0.29, 0.717) is 41.4 Å². The van der Waals surface area contributed by atoms with E-state index in [2.05, 4.69) is 21.3 Å². The number of anilines is 2. The van der Waals surface area contributed by atoms with Crippen LogP contribution in [0.3, 0.4) is 0 Å². The third-order valence-corrected chi connectivity index (χ3v) is 5.53. The average molecular weight is 477 g/mol. The fraction of sp³-hybridized carbons (Fsp3) is 0.269. The fourth-order valence-corrected chi connectivity index (χ4v) is 3.66. The Kier molecular flexibility index (Phi) is 8.13. The van der Waals surface area contributed by atoms with Crippen molar-refractivity contribution in [1.82, 2.24) is 10.6 Å². The van der Waals surface area contributed by atoms with E-state index in [1.165, 1.54) is 0 Å². The second kappa shape index (κ2) is 11.8. The molecule has 1 aliphatic heterocycles. The molecule has 0 bridgehead atoms. The van der Waals surface area contributed by atoms with E-state index in [1.54, 1.807) is 66.9 Å². The van der Waals surface area contributed by atoms with Crippen LogP contribution in [0.25, 0.3) is 0 Å². The largest absolute Gasteiger partial charge is 0.467 e. The number of amides is 3. The summed E-state index contributed by atoms with van der Waals surface area (Å²) in [6.07, 6.45) is 3.62. The molecule has 4 N–H and O–H groups in total. The SMILES string of the molecule is O=C(CNc1cccc(C(=O)NCc2ccco2)c1)Nc1ccc(C(=O)NCC2CCCO2)cc1. The van der Waals surface area contributed by atoms with Crippen molar-refractivity contribution in [2.24, 2.45) is 0 Å². The standard InChI is InChI=1S/C26H28N4O5/c31-24(30-20-10-8-18(9-11-20)25(32)28-15-22-6-2-12-34-22)17-27-21-5-1-4-19(14-21)26(33)29-16-23-7-3-13-35-23/h1,3-5,7-11,13-14,22,27H,2,6,12,15-17H2,(H,28,32)(H,29,33)(H,30,31). The van der Waals surface area contributed by atoms with E-state index < -0.39 is 0 Å². The van der Waals surface area contributed by atoms with Crippen molar-refractivity contribution in [2.45, 2.75) is 25.5 Å². The first-order chi connectivity index (χ1) is 17.1. The zero-order chi connectivity index (χ0) is 24.5. The summed E-state index contributed by atoms with van der Waals surface area (Å²) in [5, 5.41) is 11.5. The first-order valence-corrected chi connectivity index (χ1v) is 11.5. The Morgan fingerprint density at radius 2 is 1.71 bits per heavy atom. The number of ether oxygens (including phenoxy) is 1. The quantitative estimate of drug-likeness (QED) is 0.357. The molecule has 2 aromatic carbocycles. The molecule has 0 spiro atoms. The number of benzene rings is 2. The molecule has 3 amide bonds. The molecule has 0 saturated carbocycles. The van der Waals surface area contributed by atoms with E-state index >= 15 is 0 Å². The first kappa shape index (κ1) is 24.0. The maximum absolute atomic E-state index is 12.4. The lowest BCUT2D eigenvalue weighted by Gasteiger charge is -2.11. The van der Waals surface area contributed by atoms with Crippen molar-refractivity contribution in [3.8, 4) is 0 Å². The molecule has 3 aromatic rings. The molecule has 9 nitrogen and oxygen atoms in total. The van der Waals surface area contributed by atoms with Crippen molar-refractivity contribution in [3.63, 3.8) is 0 Å². The zero-order valence-corrected chi connectivity index (χ0v) is 19.2. The van der Waals surface area contributed by atoms with Crippen molar-refractivity contribution in [3.05, 3.63) is 83.8 Å². The molecule has 0 aliphatic carbocycles. The molecular formula is C26H28N4O5. The summed E-state index contributed by atoms with van der Waals surface area (Å²) in [5.74, 6) is -0.00703. The van der Waals surface area contributed by atoms with Crippen molar-refractivity contribution in [1.29, 1.82) is 0 Å². The maximum Gasteiger partial charge on any atom is 0.251 e. The number of nitrogens with one attached hydrogen (secondary N) is 4. The van der Waals surface area contributed by atoms with Crippen molar-refractivity contribution < 1.29 is 23.5 Å². The van der Waals surface area contributed by atoms with Gasteiger partial charge >= 0.3 is 0 Å². The molecule has 1 fully saturated rings. The number of furan rings is 1. The van der Waals surface area contributed by atoms with Crippen LogP contribution in [0.1, 0.15) is 39.3 Å². The second-order valence-corrected chi connectivity index (χ2v) is 8.17. The minimum atomic E-state index is -0.256. The Morgan fingerprint density at radius 3 is 2.46 bits per heavy atom. The van der Waals surface area contributed by atoms with Gasteiger partial charge in [0.2, 0.25) is 5.91 Å². The molecule has 1 saturated heterocycles. The highest BCUT2D eigenvalue weighted by molar-refractivity contribution is 5.97. The van der Waals surface area contributed by atoms with Crippen LogP contribution in [0.4, 0.5) is 11.4 Å². The smallest absolute Gasteiger partial charge is 0.251 e. The van der Waals surface area contributed by atoms with Gasteiger partial charge in [-0.2, -0.15) is 0 Å². The summed E-state index contributed by atoms with van der Waals surface area (Å²) in [5.41, 5.74) is 2.21. The number of hydrogen-bond acceptors (Lipinski definition) is 6. The van der Waals surface area contributed by atoms with Gasteiger partial charge in [0, 0.05) is 35.7 Å². The summed E-state index contributed by atoms with van der Waals surface area (Å²) < 4.78 is 10.7. The van der Waals surface area contributed by atoms with E-state index in [1.807, 2.05) is 0 Å². The summed E-state index contributed by atoms with van der Waals surface area (Å²) in [6, 6.07) is 17.1. The van der Waals surface area contributed by atoms with Gasteiger partial charge in [0.05, 0.1) is 25.5 Å². The number of rotatable bonds is 10. The molecule has 0 radical (unpaired) electrons. The van der Waals surface area contributed by atoms with Crippen LogP contribution in [0, 0.1) is 0 Å². The Morgan fingerprint density at radius 1 is 0.886 bits per heavy atom. The maximum atomic E-state index is 12.4. The Bertz CT molecular complexity index is 1140. The molecule has 1 unspecified atom stereocenters. The van der Waals surface area contributed by atoms with Gasteiger partial charge in [-0.1, -0.05) is 6.07 Å². The summed E-state index contributed by atoms with van der Waals surface area (Å²) in [4.78, 5) is 37.0. The highest BCUT2D eigenvalue weighted by atomic mass is 16.5. The minimum absolute atomic E-state index is 0.0150. The van der Waals surface area contributed by atoms with Crippen LogP contribution in [0.5, 0.6) is 0 Å². The molecule has 1 aliphatic rings. The van der Waals surface area contributed by atoms with Gasteiger partial charge in [-0.05, 0) is 67.4 Å². The third-order valence-electron chi connectivity index (χ3n) is 5.53. The van der Waals surface area contributed by atoms with Gasteiger partial charge in [-0.3, -0.25) is 14.4 Å². The average Bonchev–Trinajstić information content (AvgIpc) is 3.60. The van der Waals surface area contributed by atoms with E-state index in [9.17, 15) is 14.4 Å². The third kappa shape index (κ3) is 7.18. The summed E-state index contributed by atoms with van der Waals surface area (Å²) >= 11 is 0. The van der Waals surface area contributed by atoms with Crippen LogP contribution >= 0.6 is 0 Å². The molecule has 1 aromatic heterocycles. The molecule has 1 atom stereocenters. The van der Waals surface area contributed by atoms with E-state index in [4.69, 9.17) is 9.15 Å². The fourth-order valence-electron chi connectivity index (χ4n) is 3.66. The lowest BCUT2D eigenvalue weighted by atomic mass is 10.1. The monoisotopic (exact) mass is 476 g/mol. The van der Waals surface area contributed by atoms with Gasteiger partial charge in [-0.15, -0.1) is 0 Å². The van der Waals surface area contributed by atoms with Gasteiger partial charge < -0.3 is 30.4 Å². The Labute approximate surface area is 203 Å². The number of hydrogen-bond donors (Lipinski definition) is 4. The van der Waals surface area contributed by atoms with E-state index in [0.717, 1.165) is 19.4 Å². The summed E-state index contributed by atoms with van der Waals surface area (Å²) in [7, 11) is 0. The van der Waals surface area contributed by atoms with Crippen LogP contribution in [0.15, 0.2) is 71.3 Å². The van der Waals surface area contributed by atoms with Crippen LogP contribution in [0.2, 0.25) is 0 Å². The molecule has 182 valence electrons. The van der Waals surface area contributed by atoms with Gasteiger partial charge in [0.15, 0.2) is 0 Å². The van der Waals surface area contributed by atoms with Crippen molar-refractivity contribution >= 4 is 29.1 Å². The molecule has 4 rings (SSSR count). The van der Waals surface area contributed by atoms with Gasteiger partial charge in [0.1, 0.15) is 5.76 Å². The predicted octanol–water partition coefficient (Wildman–Crippen LogP) is 3.17. The molecule has 35 heavy (non-hydrogen) atoms. The highest BCUT2D eigenvalue weighted by Crippen LogP contribution is 2.14. The van der Waals surface area contributed by atoms with Crippen LogP contribution < -0.4 is 21.3 Å². The van der Waals surface area contributed by atoms with E-state index in [-0.39, 0.29) is 30.4 Å². The zero-order valence-electron chi connectivity index (χ0n) is 19.2. The number of carbonyl (C=O) groups excluding carboxylic acids is 3. The predicted molar refractivity (Wildman–Crippen MR) is 131 cm³/mol. The lowest BCUT2D eigenvalue weighted by molar-refractivity contribution is -0.114. The van der Waals surface area contributed by atoms with Gasteiger partial charge in [-0.25, -0.2) is 0 Å². The Hall–Kier alpha value is -4.11. The highest BCUT2D eigenvalue weighted by Gasteiger charge is 2.16. The van der Waals surface area contributed by atoms with Crippen LogP contribution in [-0.2, 0) is 16.1 Å². The minimum Gasteiger partial charge on any atom is -0.467 e. The number of carbonyl (C=O) groups is 3. The summed E-state index contributed by atoms with van der Waals surface area (Å²) in [6.45, 7) is 1.55. The first-order valence-electron chi connectivity index (χ1n) is 11.5. The molecule has 9 heteroatoms.